The molecule has 1 heteroatoms. The van der Waals surface area contributed by atoms with Crippen LogP contribution in [0.2, 0.25) is 0 Å². The number of piperidine rings is 2. The fourth-order valence-corrected chi connectivity index (χ4v) is 2.31. The van der Waals surface area contributed by atoms with Crippen molar-refractivity contribution >= 4 is 0 Å². The van der Waals surface area contributed by atoms with Crippen LogP contribution in [0.3, 0.4) is 0 Å². The molecule has 0 aromatic carbocycles. The molecule has 1 nitrogen and oxygen atoms in total. The van der Waals surface area contributed by atoms with Crippen LogP contribution in [0.5, 0.6) is 0 Å². The van der Waals surface area contributed by atoms with Crippen molar-refractivity contribution in [2.45, 2.75) is 32.2 Å². The molecule has 0 radical (unpaired) electrons. The third-order valence-electron chi connectivity index (χ3n) is 2.95. The minimum atomic E-state index is 0.870. The topological polar surface area (TPSA) is 12.0 Å². The predicted octanol–water partition coefficient (Wildman–Crippen LogP) is 1.39. The average Bonchev–Trinajstić information content (AvgIpc) is 1.90. The third-order valence-corrected chi connectivity index (χ3v) is 2.95. The lowest BCUT2D eigenvalue weighted by Crippen LogP contribution is -2.49. The second-order valence-electron chi connectivity index (χ2n) is 3.67. The Kier molecular flexibility index (Phi) is 1.26. The van der Waals surface area contributed by atoms with Gasteiger partial charge in [0.25, 0.3) is 0 Å². The van der Waals surface area contributed by atoms with Gasteiger partial charge in [-0.1, -0.05) is 6.92 Å². The summed E-state index contributed by atoms with van der Waals surface area (Å²) in [4.78, 5) is 0. The van der Waals surface area contributed by atoms with Crippen molar-refractivity contribution < 1.29 is 0 Å². The second kappa shape index (κ2) is 1.98. The first-order chi connectivity index (χ1) is 4.36. The highest BCUT2D eigenvalue weighted by atomic mass is 15.0. The highest BCUT2D eigenvalue weighted by molar-refractivity contribution is 4.88. The van der Waals surface area contributed by atoms with E-state index in [1.54, 1.807) is 0 Å². The standard InChI is InChI=1S/C8H15N/c1-6-4-7-2-3-8(6)9-5-7/h6-9H,2-5H2,1H3/t6-,7-,8+/m1/s1. The predicted molar refractivity (Wildman–Crippen MR) is 38.3 cm³/mol. The summed E-state index contributed by atoms with van der Waals surface area (Å²) in [6, 6.07) is 0.870. The molecule has 0 spiro atoms. The fraction of sp³-hybridized carbons (Fsp3) is 1.00. The zero-order valence-electron chi connectivity index (χ0n) is 6.06. The Morgan fingerprint density at radius 2 is 2.22 bits per heavy atom. The van der Waals surface area contributed by atoms with Crippen LogP contribution in [-0.2, 0) is 0 Å². The van der Waals surface area contributed by atoms with Crippen LogP contribution >= 0.6 is 0 Å². The van der Waals surface area contributed by atoms with E-state index >= 15 is 0 Å². The van der Waals surface area contributed by atoms with Gasteiger partial charge in [0.1, 0.15) is 0 Å². The fourth-order valence-electron chi connectivity index (χ4n) is 2.31. The van der Waals surface area contributed by atoms with E-state index in [9.17, 15) is 0 Å². The molecular formula is C8H15N. The number of hydrogen-bond acceptors (Lipinski definition) is 1. The first kappa shape index (κ1) is 5.72. The Balaban J connectivity index is 2.06. The van der Waals surface area contributed by atoms with Gasteiger partial charge >= 0.3 is 0 Å². The zero-order valence-corrected chi connectivity index (χ0v) is 6.06. The molecule has 9 heavy (non-hydrogen) atoms. The Hall–Kier alpha value is -0.0400. The van der Waals surface area contributed by atoms with E-state index in [1.807, 2.05) is 0 Å². The summed E-state index contributed by atoms with van der Waals surface area (Å²) in [7, 11) is 0. The molecule has 3 aliphatic rings. The quantitative estimate of drug-likeness (QED) is 0.516. The Labute approximate surface area is 56.8 Å². The Morgan fingerprint density at radius 1 is 1.33 bits per heavy atom. The van der Waals surface area contributed by atoms with Crippen molar-refractivity contribution in [1.29, 1.82) is 0 Å². The molecule has 3 rings (SSSR count). The van der Waals surface area contributed by atoms with Crippen molar-refractivity contribution in [1.82, 2.24) is 5.32 Å². The summed E-state index contributed by atoms with van der Waals surface area (Å²) in [6.07, 6.45) is 4.41. The molecule has 3 fully saturated rings. The van der Waals surface area contributed by atoms with Crippen LogP contribution in [0.1, 0.15) is 26.2 Å². The van der Waals surface area contributed by atoms with Crippen LogP contribution in [-0.4, -0.2) is 12.6 Å². The number of fused-ring (bicyclic) bond motifs is 3. The molecule has 2 heterocycles. The molecule has 2 bridgehead atoms. The van der Waals surface area contributed by atoms with E-state index in [2.05, 4.69) is 12.2 Å². The summed E-state index contributed by atoms with van der Waals surface area (Å²) in [6.45, 7) is 3.68. The molecule has 0 amide bonds. The van der Waals surface area contributed by atoms with E-state index in [4.69, 9.17) is 0 Å². The Morgan fingerprint density at radius 3 is 2.44 bits per heavy atom. The van der Waals surface area contributed by atoms with Gasteiger partial charge in [0, 0.05) is 6.04 Å². The minimum Gasteiger partial charge on any atom is -0.313 e. The number of rotatable bonds is 0. The first-order valence-electron chi connectivity index (χ1n) is 4.09. The molecule has 0 aromatic rings. The van der Waals surface area contributed by atoms with Gasteiger partial charge in [0.15, 0.2) is 0 Å². The highest BCUT2D eigenvalue weighted by Gasteiger charge is 2.31. The van der Waals surface area contributed by atoms with Crippen molar-refractivity contribution in [3.05, 3.63) is 0 Å². The second-order valence-corrected chi connectivity index (χ2v) is 3.67. The van der Waals surface area contributed by atoms with Crippen molar-refractivity contribution in [2.24, 2.45) is 11.8 Å². The van der Waals surface area contributed by atoms with Crippen LogP contribution in [0.15, 0.2) is 0 Å². The lowest BCUT2D eigenvalue weighted by atomic mass is 9.75. The molecule has 1 N–H and O–H groups in total. The van der Waals surface area contributed by atoms with E-state index in [0.717, 1.165) is 17.9 Å². The SMILES string of the molecule is C[C@@H]1C[C@H]2CC[C@@H]1NC2. The average molecular weight is 125 g/mol. The van der Waals surface area contributed by atoms with E-state index < -0.39 is 0 Å². The van der Waals surface area contributed by atoms with Crippen molar-refractivity contribution in [3.8, 4) is 0 Å². The van der Waals surface area contributed by atoms with E-state index in [-0.39, 0.29) is 0 Å². The van der Waals surface area contributed by atoms with Crippen LogP contribution in [0, 0.1) is 11.8 Å². The number of hydrogen-bond donors (Lipinski definition) is 1. The molecule has 2 saturated heterocycles. The zero-order chi connectivity index (χ0) is 6.27. The molecule has 0 aromatic heterocycles. The van der Waals surface area contributed by atoms with Gasteiger partial charge in [0.05, 0.1) is 0 Å². The van der Waals surface area contributed by atoms with E-state index in [1.165, 1.54) is 25.8 Å². The van der Waals surface area contributed by atoms with Crippen LogP contribution in [0.25, 0.3) is 0 Å². The van der Waals surface area contributed by atoms with Gasteiger partial charge in [-0.25, -0.2) is 0 Å². The summed E-state index contributed by atoms with van der Waals surface area (Å²) in [5.74, 6) is 1.97. The highest BCUT2D eigenvalue weighted by Crippen LogP contribution is 2.32. The minimum absolute atomic E-state index is 0.870. The maximum absolute atomic E-state index is 3.57. The van der Waals surface area contributed by atoms with Crippen LogP contribution < -0.4 is 5.32 Å². The van der Waals surface area contributed by atoms with E-state index in [0.29, 0.717) is 0 Å². The van der Waals surface area contributed by atoms with Crippen molar-refractivity contribution in [3.63, 3.8) is 0 Å². The van der Waals surface area contributed by atoms with Crippen molar-refractivity contribution in [2.75, 3.05) is 6.54 Å². The largest absolute Gasteiger partial charge is 0.313 e. The lowest BCUT2D eigenvalue weighted by Gasteiger charge is -2.41. The van der Waals surface area contributed by atoms with Gasteiger partial charge in [-0.3, -0.25) is 0 Å². The summed E-state index contributed by atoms with van der Waals surface area (Å²) >= 11 is 0. The summed E-state index contributed by atoms with van der Waals surface area (Å²) in [5, 5.41) is 3.57. The molecular weight excluding hydrogens is 110 g/mol. The number of nitrogens with one attached hydrogen (secondary N) is 1. The first-order valence-corrected chi connectivity index (χ1v) is 4.09. The van der Waals surface area contributed by atoms with Gasteiger partial charge < -0.3 is 5.32 Å². The molecule has 3 atom stereocenters. The van der Waals surface area contributed by atoms with Gasteiger partial charge in [-0.15, -0.1) is 0 Å². The smallest absolute Gasteiger partial charge is 0.00930 e. The molecule has 52 valence electrons. The van der Waals surface area contributed by atoms with Gasteiger partial charge in [0.2, 0.25) is 0 Å². The van der Waals surface area contributed by atoms with Gasteiger partial charge in [-0.05, 0) is 37.6 Å². The monoisotopic (exact) mass is 125 g/mol. The summed E-state index contributed by atoms with van der Waals surface area (Å²) in [5.41, 5.74) is 0. The Bertz CT molecular complexity index is 103. The summed E-state index contributed by atoms with van der Waals surface area (Å²) < 4.78 is 0. The molecule has 2 aliphatic heterocycles. The molecule has 1 saturated carbocycles. The maximum atomic E-state index is 3.57. The third kappa shape index (κ3) is 0.877. The normalized spacial score (nSPS) is 49.7. The van der Waals surface area contributed by atoms with Crippen LogP contribution in [0.4, 0.5) is 0 Å². The maximum Gasteiger partial charge on any atom is 0.00930 e. The van der Waals surface area contributed by atoms with Gasteiger partial charge in [-0.2, -0.15) is 0 Å². The lowest BCUT2D eigenvalue weighted by molar-refractivity contribution is 0.150. The molecule has 0 unspecified atom stereocenters. The molecule has 1 aliphatic carbocycles.